The van der Waals surface area contributed by atoms with E-state index in [1.54, 1.807) is 0 Å². The van der Waals surface area contributed by atoms with E-state index in [-0.39, 0.29) is 30.8 Å². The first-order chi connectivity index (χ1) is 10.6. The number of carbonyl (C=O) groups is 3. The molecule has 7 heteroatoms. The molecule has 1 aliphatic carbocycles. The Morgan fingerprint density at radius 1 is 1.36 bits per heavy atom. The molecule has 1 saturated carbocycles. The van der Waals surface area contributed by atoms with Crippen LogP contribution >= 0.6 is 0 Å². The van der Waals surface area contributed by atoms with Gasteiger partial charge in [0.05, 0.1) is 0 Å². The lowest BCUT2D eigenvalue weighted by Crippen LogP contribution is -2.44. The Kier molecular flexibility index (Phi) is 5.76. The zero-order valence-corrected chi connectivity index (χ0v) is 13.2. The zero-order chi connectivity index (χ0) is 16.0. The van der Waals surface area contributed by atoms with E-state index in [9.17, 15) is 14.4 Å². The molecule has 22 heavy (non-hydrogen) atoms. The Bertz CT molecular complexity index is 433. The van der Waals surface area contributed by atoms with Gasteiger partial charge in [-0.1, -0.05) is 12.8 Å². The zero-order valence-electron chi connectivity index (χ0n) is 13.2. The number of urea groups is 1. The lowest BCUT2D eigenvalue weighted by molar-refractivity contribution is -0.131. The molecule has 1 saturated heterocycles. The van der Waals surface area contributed by atoms with Crippen molar-refractivity contribution in [2.24, 2.45) is 0 Å². The molecule has 0 aromatic heterocycles. The van der Waals surface area contributed by atoms with E-state index in [1.807, 2.05) is 6.92 Å². The SMILES string of the molecule is CCOCCCNC(=O)CCN1C(=O)NC2(CCCC2)C1=O. The standard InChI is InChI=1S/C15H25N3O4/c1-2-22-11-5-9-16-12(19)6-10-18-13(20)15(17-14(18)21)7-3-4-8-15/h2-11H2,1H3,(H,16,19)(H,17,21). The molecule has 2 aliphatic rings. The Balaban J connectivity index is 1.71. The van der Waals surface area contributed by atoms with Gasteiger partial charge in [-0.15, -0.1) is 0 Å². The third-order valence-corrected chi connectivity index (χ3v) is 4.26. The van der Waals surface area contributed by atoms with Crippen molar-refractivity contribution in [1.82, 2.24) is 15.5 Å². The fourth-order valence-electron chi connectivity index (χ4n) is 3.04. The first kappa shape index (κ1) is 16.7. The second-order valence-electron chi connectivity index (χ2n) is 5.83. The highest BCUT2D eigenvalue weighted by Crippen LogP contribution is 2.34. The summed E-state index contributed by atoms with van der Waals surface area (Å²) in [6.07, 6.45) is 4.23. The van der Waals surface area contributed by atoms with Crippen molar-refractivity contribution in [3.8, 4) is 0 Å². The summed E-state index contributed by atoms with van der Waals surface area (Å²) in [5, 5.41) is 5.58. The highest BCUT2D eigenvalue weighted by Gasteiger charge is 2.52. The van der Waals surface area contributed by atoms with Gasteiger partial charge in [0.15, 0.2) is 0 Å². The summed E-state index contributed by atoms with van der Waals surface area (Å²) >= 11 is 0. The number of hydrogen-bond acceptors (Lipinski definition) is 4. The maximum absolute atomic E-state index is 12.4. The van der Waals surface area contributed by atoms with Gasteiger partial charge in [0, 0.05) is 32.7 Å². The van der Waals surface area contributed by atoms with Crippen LogP contribution in [0.25, 0.3) is 0 Å². The van der Waals surface area contributed by atoms with Crippen molar-refractivity contribution in [1.29, 1.82) is 0 Å². The molecule has 1 heterocycles. The van der Waals surface area contributed by atoms with Gasteiger partial charge in [0.2, 0.25) is 5.91 Å². The summed E-state index contributed by atoms with van der Waals surface area (Å²) in [6.45, 7) is 3.90. The number of carbonyl (C=O) groups excluding carboxylic acids is 3. The van der Waals surface area contributed by atoms with E-state index in [1.165, 1.54) is 4.90 Å². The molecule has 2 fully saturated rings. The number of nitrogens with zero attached hydrogens (tertiary/aromatic N) is 1. The molecule has 2 N–H and O–H groups in total. The molecule has 0 aromatic rings. The molecule has 0 atom stereocenters. The van der Waals surface area contributed by atoms with E-state index in [0.717, 1.165) is 19.3 Å². The van der Waals surface area contributed by atoms with Crippen molar-refractivity contribution < 1.29 is 19.1 Å². The van der Waals surface area contributed by atoms with Gasteiger partial charge < -0.3 is 15.4 Å². The fourth-order valence-corrected chi connectivity index (χ4v) is 3.04. The number of ether oxygens (including phenoxy) is 1. The van der Waals surface area contributed by atoms with Crippen molar-refractivity contribution >= 4 is 17.8 Å². The van der Waals surface area contributed by atoms with Gasteiger partial charge in [-0.25, -0.2) is 4.79 Å². The van der Waals surface area contributed by atoms with Crippen LogP contribution in [0.15, 0.2) is 0 Å². The highest BCUT2D eigenvalue weighted by molar-refractivity contribution is 6.07. The summed E-state index contributed by atoms with van der Waals surface area (Å²) < 4.78 is 5.18. The first-order valence-electron chi connectivity index (χ1n) is 8.07. The van der Waals surface area contributed by atoms with Gasteiger partial charge in [0.1, 0.15) is 5.54 Å². The maximum Gasteiger partial charge on any atom is 0.325 e. The molecule has 0 aromatic carbocycles. The quantitative estimate of drug-likeness (QED) is 0.512. The van der Waals surface area contributed by atoms with Gasteiger partial charge in [0.25, 0.3) is 5.91 Å². The van der Waals surface area contributed by atoms with Crippen LogP contribution < -0.4 is 10.6 Å². The van der Waals surface area contributed by atoms with Crippen molar-refractivity contribution in [2.45, 2.75) is 51.0 Å². The molecule has 1 spiro atoms. The highest BCUT2D eigenvalue weighted by atomic mass is 16.5. The van der Waals surface area contributed by atoms with Crippen LogP contribution in [0.5, 0.6) is 0 Å². The van der Waals surface area contributed by atoms with Crippen LogP contribution in [0, 0.1) is 0 Å². The first-order valence-corrected chi connectivity index (χ1v) is 8.07. The van der Waals surface area contributed by atoms with E-state index in [2.05, 4.69) is 10.6 Å². The molecule has 4 amide bonds. The number of amides is 4. The lowest BCUT2D eigenvalue weighted by atomic mass is 9.98. The lowest BCUT2D eigenvalue weighted by Gasteiger charge is -2.19. The van der Waals surface area contributed by atoms with Crippen LogP contribution in [-0.4, -0.2) is 54.6 Å². The van der Waals surface area contributed by atoms with E-state index >= 15 is 0 Å². The minimum atomic E-state index is -0.689. The minimum Gasteiger partial charge on any atom is -0.382 e. The summed E-state index contributed by atoms with van der Waals surface area (Å²) in [5.74, 6) is -0.316. The molecule has 0 radical (unpaired) electrons. The maximum atomic E-state index is 12.4. The van der Waals surface area contributed by atoms with E-state index < -0.39 is 5.54 Å². The third kappa shape index (κ3) is 3.76. The van der Waals surface area contributed by atoms with Crippen LogP contribution in [0.2, 0.25) is 0 Å². The molecule has 0 unspecified atom stereocenters. The van der Waals surface area contributed by atoms with Gasteiger partial charge in [-0.3, -0.25) is 14.5 Å². The van der Waals surface area contributed by atoms with Crippen molar-refractivity contribution in [3.05, 3.63) is 0 Å². The number of rotatable bonds is 8. The van der Waals surface area contributed by atoms with Crippen LogP contribution in [0.4, 0.5) is 4.79 Å². The second-order valence-corrected chi connectivity index (χ2v) is 5.83. The minimum absolute atomic E-state index is 0.143. The summed E-state index contributed by atoms with van der Waals surface area (Å²) in [7, 11) is 0. The largest absolute Gasteiger partial charge is 0.382 e. The Morgan fingerprint density at radius 2 is 2.09 bits per heavy atom. The molecule has 2 rings (SSSR count). The smallest absolute Gasteiger partial charge is 0.325 e. The fraction of sp³-hybridized carbons (Fsp3) is 0.800. The van der Waals surface area contributed by atoms with Crippen molar-refractivity contribution in [3.63, 3.8) is 0 Å². The second kappa shape index (κ2) is 7.58. The van der Waals surface area contributed by atoms with Crippen LogP contribution in [0.3, 0.4) is 0 Å². The predicted molar refractivity (Wildman–Crippen MR) is 80.2 cm³/mol. The number of nitrogens with one attached hydrogen (secondary N) is 2. The number of hydrogen-bond donors (Lipinski definition) is 2. The Hall–Kier alpha value is -1.63. The molecule has 7 nitrogen and oxygen atoms in total. The topological polar surface area (TPSA) is 87.7 Å². The molecule has 0 bridgehead atoms. The van der Waals surface area contributed by atoms with Crippen LogP contribution in [0.1, 0.15) is 45.4 Å². The van der Waals surface area contributed by atoms with Crippen molar-refractivity contribution in [2.75, 3.05) is 26.3 Å². The predicted octanol–water partition coefficient (Wildman–Crippen LogP) is 0.784. The Morgan fingerprint density at radius 3 is 2.77 bits per heavy atom. The normalized spacial score (nSPS) is 19.8. The summed E-state index contributed by atoms with van der Waals surface area (Å²) in [4.78, 5) is 37.2. The summed E-state index contributed by atoms with van der Waals surface area (Å²) in [6, 6.07) is -0.365. The molecule has 124 valence electrons. The van der Waals surface area contributed by atoms with Gasteiger partial charge in [-0.05, 0) is 26.2 Å². The summed E-state index contributed by atoms with van der Waals surface area (Å²) in [5.41, 5.74) is -0.689. The average molecular weight is 311 g/mol. The van der Waals surface area contributed by atoms with Gasteiger partial charge in [-0.2, -0.15) is 0 Å². The molecule has 1 aliphatic heterocycles. The molecular formula is C15H25N3O4. The Labute approximate surface area is 130 Å². The van der Waals surface area contributed by atoms with Crippen LogP contribution in [-0.2, 0) is 14.3 Å². The third-order valence-electron chi connectivity index (χ3n) is 4.26. The van der Waals surface area contributed by atoms with E-state index in [0.29, 0.717) is 32.6 Å². The average Bonchev–Trinajstić information content (AvgIpc) is 3.04. The van der Waals surface area contributed by atoms with Gasteiger partial charge >= 0.3 is 6.03 Å². The number of imide groups is 1. The monoisotopic (exact) mass is 311 g/mol. The molecular weight excluding hydrogens is 286 g/mol. The van der Waals surface area contributed by atoms with E-state index in [4.69, 9.17) is 4.74 Å².